The molecule has 0 aromatic carbocycles. The van der Waals surface area contributed by atoms with Crippen molar-refractivity contribution in [2.45, 2.75) is 25.9 Å². The van der Waals surface area contributed by atoms with E-state index in [0.29, 0.717) is 12.1 Å². The molecule has 1 aromatic rings. The van der Waals surface area contributed by atoms with E-state index in [1.165, 1.54) is 0 Å². The Hall–Kier alpha value is -1.41. The van der Waals surface area contributed by atoms with Gasteiger partial charge in [0.15, 0.2) is 0 Å². The molecule has 0 radical (unpaired) electrons. The maximum Gasteiger partial charge on any atom is 0.130 e. The lowest BCUT2D eigenvalue weighted by Crippen LogP contribution is -2.57. The van der Waals surface area contributed by atoms with Crippen LogP contribution in [0.1, 0.15) is 13.8 Å². The molecule has 1 aromatic heterocycles. The van der Waals surface area contributed by atoms with Gasteiger partial charge in [0.1, 0.15) is 5.82 Å². The minimum absolute atomic E-state index is 0.471. The Bertz CT molecular complexity index is 539. The van der Waals surface area contributed by atoms with E-state index >= 15 is 0 Å². The van der Waals surface area contributed by atoms with Gasteiger partial charge in [-0.25, -0.2) is 4.98 Å². The third kappa shape index (κ3) is 5.30. The summed E-state index contributed by atoms with van der Waals surface area (Å²) in [5.74, 6) is 0.982. The highest BCUT2D eigenvalue weighted by Gasteiger charge is 2.29. The zero-order valence-corrected chi connectivity index (χ0v) is 16.2. The zero-order chi connectivity index (χ0) is 18.4. The molecule has 7 nitrogen and oxygen atoms in total. The van der Waals surface area contributed by atoms with Gasteiger partial charge in [0, 0.05) is 82.4 Å². The van der Waals surface area contributed by atoms with Gasteiger partial charge in [0.25, 0.3) is 0 Å². The van der Waals surface area contributed by atoms with Gasteiger partial charge in [-0.2, -0.15) is 0 Å². The van der Waals surface area contributed by atoms with Crippen LogP contribution >= 0.6 is 0 Å². The van der Waals surface area contributed by atoms with Gasteiger partial charge in [-0.05, 0) is 19.9 Å². The van der Waals surface area contributed by atoms with Gasteiger partial charge >= 0.3 is 0 Å². The van der Waals surface area contributed by atoms with E-state index in [2.05, 4.69) is 38.8 Å². The molecule has 2 atom stereocenters. The van der Waals surface area contributed by atoms with Crippen LogP contribution < -0.4 is 16.0 Å². The monoisotopic (exact) mass is 362 g/mol. The van der Waals surface area contributed by atoms with Gasteiger partial charge in [-0.15, -0.1) is 0 Å². The molecule has 7 heteroatoms. The Morgan fingerprint density at radius 1 is 1.15 bits per heavy atom. The maximum absolute atomic E-state index is 5.92. The summed E-state index contributed by atoms with van der Waals surface area (Å²) in [6.07, 6.45) is 1.79. The third-order valence-corrected chi connectivity index (χ3v) is 5.45. The number of pyridine rings is 1. The summed E-state index contributed by atoms with van der Waals surface area (Å²) in [6.45, 7) is 14.7. The molecule has 0 saturated carbocycles. The first kappa shape index (κ1) is 19.4. The van der Waals surface area contributed by atoms with Crippen molar-refractivity contribution in [3.63, 3.8) is 0 Å². The van der Waals surface area contributed by atoms with E-state index in [9.17, 15) is 0 Å². The van der Waals surface area contributed by atoms with Crippen molar-refractivity contribution >= 4 is 11.5 Å². The van der Waals surface area contributed by atoms with Crippen LogP contribution in [-0.2, 0) is 4.74 Å². The Morgan fingerprint density at radius 2 is 1.85 bits per heavy atom. The molecule has 0 unspecified atom stereocenters. The fourth-order valence-corrected chi connectivity index (χ4v) is 3.99. The van der Waals surface area contributed by atoms with E-state index in [1.54, 1.807) is 6.20 Å². The van der Waals surface area contributed by atoms with E-state index in [1.807, 2.05) is 12.1 Å². The first-order valence-electron chi connectivity index (χ1n) is 9.86. The van der Waals surface area contributed by atoms with Crippen LogP contribution in [0.2, 0.25) is 0 Å². The fourth-order valence-electron chi connectivity index (χ4n) is 3.99. The molecule has 0 bridgehead atoms. The van der Waals surface area contributed by atoms with Crippen LogP contribution in [-0.4, -0.2) is 92.4 Å². The molecule has 3 heterocycles. The van der Waals surface area contributed by atoms with Crippen molar-refractivity contribution in [1.82, 2.24) is 20.1 Å². The van der Waals surface area contributed by atoms with Gasteiger partial charge in [0.05, 0.1) is 13.2 Å². The molecule has 0 amide bonds. The average Bonchev–Trinajstić information content (AvgIpc) is 2.64. The summed E-state index contributed by atoms with van der Waals surface area (Å²) < 4.78 is 5.92. The number of ether oxygens (including phenoxy) is 1. The largest absolute Gasteiger partial charge is 0.399 e. The second kappa shape index (κ2) is 9.50. The number of nitrogen functional groups attached to an aromatic ring is 1. The van der Waals surface area contributed by atoms with E-state index in [0.717, 1.165) is 77.1 Å². The molecular formula is C19H34N6O. The molecule has 2 aliphatic heterocycles. The molecule has 146 valence electrons. The van der Waals surface area contributed by atoms with E-state index < -0.39 is 0 Å². The third-order valence-electron chi connectivity index (χ3n) is 5.45. The summed E-state index contributed by atoms with van der Waals surface area (Å²) in [6, 6.07) is 4.75. The quantitative estimate of drug-likeness (QED) is 0.684. The molecule has 0 aliphatic carbocycles. The lowest BCUT2D eigenvalue weighted by molar-refractivity contribution is 0.0514. The standard InChI is InChI=1S/C19H34N6O/c1-16-14-24(19-13-18(20)3-4-22-19)15-17(2)25(16)10-12-26-11-9-23-7-5-21-6-8-23/h3-4,13,16-17,21H,5-12,14-15H2,1-2H3,(H2,20,22)/t16-,17+. The Kier molecular flexibility index (Phi) is 7.07. The molecule has 2 aliphatic rings. The zero-order valence-electron chi connectivity index (χ0n) is 16.2. The van der Waals surface area contributed by atoms with Gasteiger partial charge in [0.2, 0.25) is 0 Å². The minimum Gasteiger partial charge on any atom is -0.399 e. The van der Waals surface area contributed by atoms with Crippen LogP contribution in [0.3, 0.4) is 0 Å². The number of rotatable bonds is 7. The normalized spacial score (nSPS) is 25.5. The number of hydrogen-bond donors (Lipinski definition) is 2. The molecule has 3 N–H and O–H groups in total. The Labute approximate surface area is 157 Å². The molecule has 2 saturated heterocycles. The van der Waals surface area contributed by atoms with Crippen molar-refractivity contribution < 1.29 is 4.74 Å². The summed E-state index contributed by atoms with van der Waals surface area (Å²) in [5, 5.41) is 3.38. The smallest absolute Gasteiger partial charge is 0.130 e. The van der Waals surface area contributed by atoms with Gasteiger partial charge in [-0.3, -0.25) is 9.80 Å². The lowest BCUT2D eigenvalue weighted by Gasteiger charge is -2.45. The first-order valence-corrected chi connectivity index (χ1v) is 9.86. The molecule has 2 fully saturated rings. The van der Waals surface area contributed by atoms with Crippen LogP contribution in [0.15, 0.2) is 18.3 Å². The number of hydrogen-bond acceptors (Lipinski definition) is 7. The minimum atomic E-state index is 0.471. The summed E-state index contributed by atoms with van der Waals surface area (Å²) >= 11 is 0. The highest BCUT2D eigenvalue weighted by Crippen LogP contribution is 2.21. The van der Waals surface area contributed by atoms with Crippen LogP contribution in [0.5, 0.6) is 0 Å². The van der Waals surface area contributed by atoms with Crippen molar-refractivity contribution in [1.29, 1.82) is 0 Å². The average molecular weight is 363 g/mol. The summed E-state index contributed by atoms with van der Waals surface area (Å²) in [5.41, 5.74) is 6.68. The van der Waals surface area contributed by atoms with Crippen molar-refractivity contribution in [3.05, 3.63) is 18.3 Å². The van der Waals surface area contributed by atoms with Crippen LogP contribution in [0, 0.1) is 0 Å². The highest BCUT2D eigenvalue weighted by molar-refractivity contribution is 5.50. The predicted octanol–water partition coefficient (Wildman–Crippen LogP) is 0.485. The Morgan fingerprint density at radius 3 is 2.54 bits per heavy atom. The Balaban J connectivity index is 1.39. The molecule has 0 spiro atoms. The second-order valence-corrected chi connectivity index (χ2v) is 7.49. The van der Waals surface area contributed by atoms with E-state index in [4.69, 9.17) is 10.5 Å². The number of piperazine rings is 2. The maximum atomic E-state index is 5.92. The molecular weight excluding hydrogens is 328 g/mol. The summed E-state index contributed by atoms with van der Waals surface area (Å²) in [4.78, 5) is 11.8. The lowest BCUT2D eigenvalue weighted by atomic mass is 10.1. The predicted molar refractivity (Wildman–Crippen MR) is 107 cm³/mol. The van der Waals surface area contributed by atoms with Gasteiger partial charge in [-0.1, -0.05) is 0 Å². The van der Waals surface area contributed by atoms with Crippen molar-refractivity contribution in [2.75, 3.05) is 76.2 Å². The SMILES string of the molecule is C[C@@H]1CN(c2cc(N)ccn2)C[C@H](C)N1CCOCCN1CCNCC1. The summed E-state index contributed by atoms with van der Waals surface area (Å²) in [7, 11) is 0. The molecule has 3 rings (SSSR count). The van der Waals surface area contributed by atoms with Crippen molar-refractivity contribution in [3.8, 4) is 0 Å². The fraction of sp³-hybridized carbons (Fsp3) is 0.737. The van der Waals surface area contributed by atoms with Crippen LogP contribution in [0.4, 0.5) is 11.5 Å². The second-order valence-electron chi connectivity index (χ2n) is 7.49. The molecule has 26 heavy (non-hydrogen) atoms. The number of nitrogens with zero attached hydrogens (tertiary/aromatic N) is 4. The number of nitrogens with two attached hydrogens (primary N) is 1. The van der Waals surface area contributed by atoms with Gasteiger partial charge < -0.3 is 20.7 Å². The topological polar surface area (TPSA) is 69.9 Å². The first-order chi connectivity index (χ1) is 12.6. The van der Waals surface area contributed by atoms with E-state index in [-0.39, 0.29) is 0 Å². The van der Waals surface area contributed by atoms with Crippen LogP contribution in [0.25, 0.3) is 0 Å². The number of nitrogens with one attached hydrogen (secondary N) is 1. The number of anilines is 2. The highest BCUT2D eigenvalue weighted by atomic mass is 16.5. The number of aromatic nitrogens is 1. The van der Waals surface area contributed by atoms with Crippen molar-refractivity contribution in [2.24, 2.45) is 0 Å².